The van der Waals surface area contributed by atoms with Crippen LogP contribution in [-0.2, 0) is 12.1 Å². The molecule has 1 aliphatic heterocycles. The van der Waals surface area contributed by atoms with E-state index in [4.69, 9.17) is 11.6 Å². The molecule has 0 amide bonds. The average Bonchev–Trinajstić information content (AvgIpc) is 3.45. The lowest BCUT2D eigenvalue weighted by Gasteiger charge is -2.48. The van der Waals surface area contributed by atoms with Crippen molar-refractivity contribution >= 4 is 33.5 Å². The van der Waals surface area contributed by atoms with Gasteiger partial charge < -0.3 is 4.57 Å². The molecule has 0 spiro atoms. The zero-order chi connectivity index (χ0) is 26.9. The number of piperidine rings is 1. The van der Waals surface area contributed by atoms with E-state index in [1.165, 1.54) is 16.7 Å². The lowest BCUT2D eigenvalue weighted by molar-refractivity contribution is 0.0969. The lowest BCUT2D eigenvalue weighted by Crippen LogP contribution is -2.51. The summed E-state index contributed by atoms with van der Waals surface area (Å²) >= 11 is 6.54. The number of nitrogens with zero attached hydrogens (tertiary/aromatic N) is 4. The molecular formula is C35H31ClN4. The van der Waals surface area contributed by atoms with Crippen molar-refractivity contribution in [2.75, 3.05) is 13.1 Å². The van der Waals surface area contributed by atoms with Crippen molar-refractivity contribution in [2.45, 2.75) is 24.9 Å². The van der Waals surface area contributed by atoms with Gasteiger partial charge in [0, 0.05) is 11.9 Å². The summed E-state index contributed by atoms with van der Waals surface area (Å²) in [6.07, 6.45) is 4.15. The van der Waals surface area contributed by atoms with Crippen molar-refractivity contribution in [3.63, 3.8) is 0 Å². The van der Waals surface area contributed by atoms with E-state index in [0.717, 1.165) is 54.4 Å². The van der Waals surface area contributed by atoms with Gasteiger partial charge in [0.1, 0.15) is 5.52 Å². The van der Waals surface area contributed by atoms with E-state index in [9.17, 15) is 0 Å². The first kappa shape index (κ1) is 25.0. The van der Waals surface area contributed by atoms with E-state index in [2.05, 4.69) is 123 Å². The fourth-order valence-corrected chi connectivity index (χ4v) is 6.93. The van der Waals surface area contributed by atoms with Crippen LogP contribution in [0.1, 0.15) is 29.5 Å². The minimum atomic E-state index is -0.355. The molecule has 6 aromatic rings. The van der Waals surface area contributed by atoms with Gasteiger partial charge in [0.2, 0.25) is 0 Å². The minimum Gasteiger partial charge on any atom is -0.330 e. The smallest absolute Gasteiger partial charge is 0.157 e. The number of fused-ring (bicyclic) bond motifs is 3. The molecule has 4 aromatic carbocycles. The maximum Gasteiger partial charge on any atom is 0.157 e. The molecule has 1 aliphatic rings. The van der Waals surface area contributed by atoms with Crippen LogP contribution < -0.4 is 0 Å². The Morgan fingerprint density at radius 1 is 0.700 bits per heavy atom. The Kier molecular flexibility index (Phi) is 6.58. The fraction of sp³-hybridized carbons (Fsp3) is 0.200. The first-order valence-corrected chi connectivity index (χ1v) is 14.4. The van der Waals surface area contributed by atoms with Crippen LogP contribution in [0.25, 0.3) is 21.9 Å². The summed E-state index contributed by atoms with van der Waals surface area (Å²) in [5, 5.41) is 1.58. The van der Waals surface area contributed by atoms with E-state index in [1.807, 2.05) is 18.5 Å². The molecule has 198 valence electrons. The van der Waals surface area contributed by atoms with E-state index in [1.54, 1.807) is 0 Å². The van der Waals surface area contributed by atoms with Crippen molar-refractivity contribution in [1.82, 2.24) is 19.4 Å². The first-order valence-electron chi connectivity index (χ1n) is 14.1. The molecule has 0 radical (unpaired) electrons. The summed E-state index contributed by atoms with van der Waals surface area (Å²) < 4.78 is 2.30. The van der Waals surface area contributed by atoms with Crippen LogP contribution in [0.3, 0.4) is 0 Å². The van der Waals surface area contributed by atoms with Gasteiger partial charge in [0.25, 0.3) is 0 Å². The van der Waals surface area contributed by atoms with Gasteiger partial charge >= 0.3 is 0 Å². The molecule has 40 heavy (non-hydrogen) atoms. The summed E-state index contributed by atoms with van der Waals surface area (Å²) in [7, 11) is 0. The molecule has 3 heterocycles. The topological polar surface area (TPSA) is 34.0 Å². The molecule has 4 nitrogen and oxygen atoms in total. The van der Waals surface area contributed by atoms with Crippen LogP contribution in [0.2, 0.25) is 5.15 Å². The second-order valence-corrected chi connectivity index (χ2v) is 11.1. The van der Waals surface area contributed by atoms with Crippen LogP contribution in [0.5, 0.6) is 0 Å². The molecule has 0 saturated carbocycles. The Bertz CT molecular complexity index is 1640. The van der Waals surface area contributed by atoms with Crippen LogP contribution in [0.4, 0.5) is 0 Å². The third-order valence-electron chi connectivity index (χ3n) is 8.53. The standard InChI is InChI=1S/C35H31ClN4/c36-34-32-33(30-18-10-11-19-31(30)38-34)39(25-37-32)24-26-20-22-40(23-21-26)35(27-12-4-1-5-13-27,28-14-6-2-7-15-28)29-16-8-3-9-17-29/h1-19,25-26H,20-24H2. The number of rotatable bonds is 6. The molecule has 0 aliphatic carbocycles. The summed E-state index contributed by atoms with van der Waals surface area (Å²) in [4.78, 5) is 11.9. The van der Waals surface area contributed by atoms with Crippen LogP contribution in [0.15, 0.2) is 122 Å². The maximum atomic E-state index is 6.54. The molecule has 5 heteroatoms. The number of para-hydroxylation sites is 1. The summed E-state index contributed by atoms with van der Waals surface area (Å²) in [6, 6.07) is 41.2. The highest BCUT2D eigenvalue weighted by Crippen LogP contribution is 2.44. The molecule has 0 N–H and O–H groups in total. The summed E-state index contributed by atoms with van der Waals surface area (Å²) in [5.74, 6) is 0.541. The average molecular weight is 543 g/mol. The third-order valence-corrected chi connectivity index (χ3v) is 8.79. The number of pyridine rings is 1. The highest BCUT2D eigenvalue weighted by molar-refractivity contribution is 6.35. The second-order valence-electron chi connectivity index (χ2n) is 10.8. The van der Waals surface area contributed by atoms with Gasteiger partial charge in [0.05, 0.1) is 22.9 Å². The maximum absolute atomic E-state index is 6.54. The Morgan fingerprint density at radius 2 is 1.23 bits per heavy atom. The normalized spacial score (nSPS) is 15.1. The zero-order valence-corrected chi connectivity index (χ0v) is 23.1. The Morgan fingerprint density at radius 3 is 1.80 bits per heavy atom. The van der Waals surface area contributed by atoms with Crippen molar-refractivity contribution in [2.24, 2.45) is 5.92 Å². The second kappa shape index (κ2) is 10.5. The number of benzene rings is 4. The van der Waals surface area contributed by atoms with Crippen LogP contribution in [0, 0.1) is 5.92 Å². The molecule has 2 aromatic heterocycles. The molecule has 1 saturated heterocycles. The lowest BCUT2D eigenvalue weighted by atomic mass is 9.74. The van der Waals surface area contributed by atoms with Gasteiger partial charge in [-0.2, -0.15) is 0 Å². The molecule has 1 fully saturated rings. The predicted octanol–water partition coefficient (Wildman–Crippen LogP) is 7.94. The fourth-order valence-electron chi connectivity index (χ4n) is 6.70. The first-order chi connectivity index (χ1) is 19.7. The summed E-state index contributed by atoms with van der Waals surface area (Å²) in [6.45, 7) is 2.92. The Balaban J connectivity index is 1.24. The SMILES string of the molecule is Clc1nc2ccccc2c2c1ncn2CC1CCN(C(c2ccccc2)(c2ccccc2)c2ccccc2)CC1. The van der Waals surface area contributed by atoms with Crippen LogP contribution >= 0.6 is 11.6 Å². The molecule has 0 atom stereocenters. The molecule has 7 rings (SSSR count). The molecule has 0 bridgehead atoms. The van der Waals surface area contributed by atoms with Crippen molar-refractivity contribution in [3.05, 3.63) is 143 Å². The highest BCUT2D eigenvalue weighted by Gasteiger charge is 2.43. The van der Waals surface area contributed by atoms with Crippen molar-refractivity contribution in [3.8, 4) is 0 Å². The van der Waals surface area contributed by atoms with Gasteiger partial charge in [-0.25, -0.2) is 9.97 Å². The third kappa shape index (κ3) is 4.19. The Labute approximate surface area is 239 Å². The van der Waals surface area contributed by atoms with Crippen molar-refractivity contribution < 1.29 is 0 Å². The summed E-state index contributed by atoms with van der Waals surface area (Å²) in [5.41, 5.74) is 6.35. The van der Waals surface area contributed by atoms with E-state index < -0.39 is 0 Å². The minimum absolute atomic E-state index is 0.355. The number of imidazole rings is 1. The van der Waals surface area contributed by atoms with Gasteiger partial charge in [-0.05, 0) is 54.6 Å². The van der Waals surface area contributed by atoms with Gasteiger partial charge in [-0.3, -0.25) is 4.90 Å². The number of hydrogen-bond acceptors (Lipinski definition) is 3. The largest absolute Gasteiger partial charge is 0.330 e. The highest BCUT2D eigenvalue weighted by atomic mass is 35.5. The number of aromatic nitrogens is 3. The number of likely N-dealkylation sites (tertiary alicyclic amines) is 1. The van der Waals surface area contributed by atoms with Crippen LogP contribution in [-0.4, -0.2) is 32.5 Å². The van der Waals surface area contributed by atoms with E-state index in [-0.39, 0.29) is 5.54 Å². The zero-order valence-electron chi connectivity index (χ0n) is 22.3. The quantitative estimate of drug-likeness (QED) is 0.158. The number of hydrogen-bond donors (Lipinski definition) is 0. The van der Waals surface area contributed by atoms with Gasteiger partial charge in [-0.1, -0.05) is 121 Å². The molecule has 0 unspecified atom stereocenters. The van der Waals surface area contributed by atoms with Crippen molar-refractivity contribution in [1.29, 1.82) is 0 Å². The predicted molar refractivity (Wildman–Crippen MR) is 164 cm³/mol. The monoisotopic (exact) mass is 542 g/mol. The number of halogens is 1. The van der Waals surface area contributed by atoms with E-state index >= 15 is 0 Å². The van der Waals surface area contributed by atoms with Gasteiger partial charge in [0.15, 0.2) is 5.15 Å². The Hall–Kier alpha value is -3.99. The molecular weight excluding hydrogens is 512 g/mol. The van der Waals surface area contributed by atoms with E-state index in [0.29, 0.717) is 11.1 Å². The van der Waals surface area contributed by atoms with Gasteiger partial charge in [-0.15, -0.1) is 0 Å².